The minimum Gasteiger partial charge on any atom is -0.260 e. The van der Waals surface area contributed by atoms with E-state index in [1.807, 2.05) is 0 Å². The van der Waals surface area contributed by atoms with E-state index >= 15 is 0 Å². The summed E-state index contributed by atoms with van der Waals surface area (Å²) in [5.74, 6) is 1.47. The van der Waals surface area contributed by atoms with Crippen LogP contribution in [-0.2, 0) is 5.41 Å². The smallest absolute Gasteiger partial charge is 0.0531 e. The number of hydrogen-bond acceptors (Lipinski definition) is 1. The van der Waals surface area contributed by atoms with Gasteiger partial charge in [0.1, 0.15) is 0 Å². The Morgan fingerprint density at radius 2 is 1.81 bits per heavy atom. The summed E-state index contributed by atoms with van der Waals surface area (Å²) >= 11 is 0. The third-order valence-corrected chi connectivity index (χ3v) is 6.57. The first-order chi connectivity index (χ1) is 13.0. The van der Waals surface area contributed by atoms with Crippen LogP contribution >= 0.6 is 0 Å². The first-order valence-corrected chi connectivity index (χ1v) is 10.2. The molecule has 0 radical (unpaired) electrons. The second kappa shape index (κ2) is 5.79. The molecular weight excluding hydrogens is 326 g/mol. The third kappa shape index (κ3) is 2.41. The molecule has 0 saturated carbocycles. The molecule has 27 heavy (non-hydrogen) atoms. The highest BCUT2D eigenvalue weighted by molar-refractivity contribution is 6.16. The average molecular weight is 354 g/mol. The SMILES string of the molecule is CC(C)CC1=CC2C(=CN=C3c4cccc5cccc(c45)C(C)(C)C32)C=C1. The molecule has 2 aromatic carbocycles. The molecule has 2 atom stereocenters. The van der Waals surface area contributed by atoms with Crippen molar-refractivity contribution in [1.82, 2.24) is 0 Å². The molecule has 2 aromatic rings. The van der Waals surface area contributed by atoms with Gasteiger partial charge in [-0.3, -0.25) is 4.99 Å². The van der Waals surface area contributed by atoms with Gasteiger partial charge >= 0.3 is 0 Å². The molecule has 0 aromatic heterocycles. The number of allylic oxidation sites excluding steroid dienone is 5. The summed E-state index contributed by atoms with van der Waals surface area (Å²) in [6.07, 6.45) is 10.4. The Labute approximate surface area is 162 Å². The summed E-state index contributed by atoms with van der Waals surface area (Å²) in [7, 11) is 0. The molecule has 136 valence electrons. The molecule has 0 saturated heterocycles. The first kappa shape index (κ1) is 16.7. The van der Waals surface area contributed by atoms with Crippen molar-refractivity contribution in [1.29, 1.82) is 0 Å². The van der Waals surface area contributed by atoms with Gasteiger partial charge in [-0.15, -0.1) is 0 Å². The largest absolute Gasteiger partial charge is 0.260 e. The van der Waals surface area contributed by atoms with Gasteiger partial charge in [-0.1, -0.05) is 87.9 Å². The van der Waals surface area contributed by atoms with Gasteiger partial charge in [-0.25, -0.2) is 0 Å². The van der Waals surface area contributed by atoms with E-state index < -0.39 is 0 Å². The molecule has 1 nitrogen and oxygen atoms in total. The number of benzene rings is 2. The minimum atomic E-state index is 0.0431. The van der Waals surface area contributed by atoms with Crippen molar-refractivity contribution in [3.63, 3.8) is 0 Å². The standard InChI is InChI=1S/C26H27N/c1-16(2)13-17-11-12-19-15-27-25-20-9-5-7-18-8-6-10-22(23(18)20)26(3,4)24(25)21(19)14-17/h5-12,14-16,21,24H,13H2,1-4H3. The highest BCUT2D eigenvalue weighted by atomic mass is 14.8. The Morgan fingerprint density at radius 3 is 2.59 bits per heavy atom. The van der Waals surface area contributed by atoms with Gasteiger partial charge in [0, 0.05) is 23.6 Å². The molecule has 0 bridgehead atoms. The summed E-state index contributed by atoms with van der Waals surface area (Å²) in [4.78, 5) is 5.02. The van der Waals surface area contributed by atoms with E-state index in [4.69, 9.17) is 4.99 Å². The van der Waals surface area contributed by atoms with Crippen molar-refractivity contribution >= 4 is 16.5 Å². The lowest BCUT2D eigenvalue weighted by molar-refractivity contribution is 0.350. The highest BCUT2D eigenvalue weighted by Gasteiger charge is 2.46. The van der Waals surface area contributed by atoms with Crippen LogP contribution < -0.4 is 0 Å². The molecule has 5 rings (SSSR count). The van der Waals surface area contributed by atoms with Crippen LogP contribution in [0.3, 0.4) is 0 Å². The summed E-state index contributed by atoms with van der Waals surface area (Å²) in [6.45, 7) is 9.43. The first-order valence-electron chi connectivity index (χ1n) is 10.2. The predicted molar refractivity (Wildman–Crippen MR) is 115 cm³/mol. The average Bonchev–Trinajstić information content (AvgIpc) is 2.64. The summed E-state index contributed by atoms with van der Waals surface area (Å²) < 4.78 is 0. The van der Waals surface area contributed by atoms with Crippen LogP contribution in [0.4, 0.5) is 0 Å². The van der Waals surface area contributed by atoms with Gasteiger partial charge in [0.2, 0.25) is 0 Å². The third-order valence-electron chi connectivity index (χ3n) is 6.57. The van der Waals surface area contributed by atoms with Crippen LogP contribution in [0, 0.1) is 17.8 Å². The van der Waals surface area contributed by atoms with Crippen LogP contribution in [0.5, 0.6) is 0 Å². The monoisotopic (exact) mass is 353 g/mol. The van der Waals surface area contributed by atoms with Crippen LogP contribution in [0.15, 0.2) is 77.0 Å². The topological polar surface area (TPSA) is 12.4 Å². The van der Waals surface area contributed by atoms with Crippen molar-refractivity contribution in [2.45, 2.75) is 39.5 Å². The van der Waals surface area contributed by atoms with Crippen molar-refractivity contribution in [3.05, 3.63) is 83.1 Å². The summed E-state index contributed by atoms with van der Waals surface area (Å²) in [5, 5.41) is 2.73. The lowest BCUT2D eigenvalue weighted by atomic mass is 9.57. The van der Waals surface area contributed by atoms with Crippen molar-refractivity contribution in [3.8, 4) is 0 Å². The fourth-order valence-corrected chi connectivity index (χ4v) is 5.40. The maximum Gasteiger partial charge on any atom is 0.0531 e. The lowest BCUT2D eigenvalue weighted by Crippen LogP contribution is -2.45. The molecular formula is C26H27N. The van der Waals surface area contributed by atoms with Crippen molar-refractivity contribution in [2.24, 2.45) is 22.7 Å². The van der Waals surface area contributed by atoms with Gasteiger partial charge in [0.15, 0.2) is 0 Å². The Bertz CT molecular complexity index is 1050. The second-order valence-corrected chi connectivity index (χ2v) is 9.25. The van der Waals surface area contributed by atoms with E-state index in [0.717, 1.165) is 6.42 Å². The zero-order chi connectivity index (χ0) is 18.8. The maximum atomic E-state index is 5.02. The minimum absolute atomic E-state index is 0.0431. The van der Waals surface area contributed by atoms with E-state index in [2.05, 4.69) is 88.5 Å². The van der Waals surface area contributed by atoms with Crippen LogP contribution in [-0.4, -0.2) is 5.71 Å². The molecule has 1 heteroatoms. The summed E-state index contributed by atoms with van der Waals surface area (Å²) in [5.41, 5.74) is 6.94. The van der Waals surface area contributed by atoms with E-state index in [0.29, 0.717) is 17.8 Å². The molecule has 0 fully saturated rings. The van der Waals surface area contributed by atoms with E-state index in [-0.39, 0.29) is 5.41 Å². The zero-order valence-electron chi connectivity index (χ0n) is 16.7. The molecule has 3 aliphatic rings. The van der Waals surface area contributed by atoms with Crippen LogP contribution in [0.25, 0.3) is 10.8 Å². The Kier molecular flexibility index (Phi) is 3.59. The number of aliphatic imine (C=N–C) groups is 1. The molecule has 0 N–H and O–H groups in total. The fraction of sp³-hybridized carbons (Fsp3) is 0.346. The second-order valence-electron chi connectivity index (χ2n) is 9.25. The predicted octanol–water partition coefficient (Wildman–Crippen LogP) is 6.59. The number of hydrogen-bond donors (Lipinski definition) is 0. The maximum absolute atomic E-state index is 5.02. The van der Waals surface area contributed by atoms with E-state index in [1.54, 1.807) is 0 Å². The lowest BCUT2D eigenvalue weighted by Gasteiger charge is -2.46. The van der Waals surface area contributed by atoms with Crippen LogP contribution in [0.1, 0.15) is 45.2 Å². The normalized spacial score (nSPS) is 24.9. The Hall–Kier alpha value is -2.41. The van der Waals surface area contributed by atoms with Crippen molar-refractivity contribution < 1.29 is 0 Å². The quantitative estimate of drug-likeness (QED) is 0.577. The van der Waals surface area contributed by atoms with Crippen molar-refractivity contribution in [2.75, 3.05) is 0 Å². The zero-order valence-corrected chi connectivity index (χ0v) is 16.7. The molecule has 1 heterocycles. The molecule has 0 spiro atoms. The number of nitrogens with zero attached hydrogens (tertiary/aromatic N) is 1. The Balaban J connectivity index is 1.73. The Morgan fingerprint density at radius 1 is 1.04 bits per heavy atom. The van der Waals surface area contributed by atoms with E-state index in [9.17, 15) is 0 Å². The fourth-order valence-electron chi connectivity index (χ4n) is 5.40. The highest BCUT2D eigenvalue weighted by Crippen LogP contribution is 2.51. The van der Waals surface area contributed by atoms with Gasteiger partial charge in [0.05, 0.1) is 5.71 Å². The number of rotatable bonds is 2. The summed E-state index contributed by atoms with van der Waals surface area (Å²) in [6, 6.07) is 13.5. The van der Waals surface area contributed by atoms with Gasteiger partial charge in [0.25, 0.3) is 0 Å². The van der Waals surface area contributed by atoms with Crippen LogP contribution in [0.2, 0.25) is 0 Å². The van der Waals surface area contributed by atoms with Gasteiger partial charge in [-0.2, -0.15) is 0 Å². The molecule has 2 unspecified atom stereocenters. The van der Waals surface area contributed by atoms with Gasteiger partial charge < -0.3 is 0 Å². The molecule has 2 aliphatic carbocycles. The molecule has 1 aliphatic heterocycles. The van der Waals surface area contributed by atoms with E-state index in [1.165, 1.54) is 38.8 Å². The molecule has 0 amide bonds. The van der Waals surface area contributed by atoms with Gasteiger partial charge in [-0.05, 0) is 39.7 Å². The number of fused-ring (bicyclic) bond motifs is 4.